The third-order valence-electron chi connectivity index (χ3n) is 5.08. The average molecular weight is 425 g/mol. The molecule has 4 rings (SSSR count). The minimum atomic E-state index is -4.03. The molecule has 1 aromatic heterocycles. The van der Waals surface area contributed by atoms with Crippen LogP contribution in [-0.4, -0.2) is 75.4 Å². The molecule has 156 valence electrons. The van der Waals surface area contributed by atoms with E-state index in [-0.39, 0.29) is 13.1 Å². The number of hydrogen-bond acceptors (Lipinski definition) is 7. The zero-order chi connectivity index (χ0) is 20.4. The molecule has 0 unspecified atom stereocenters. The Morgan fingerprint density at radius 3 is 2.34 bits per heavy atom. The number of aromatic nitrogens is 2. The molecule has 2 aromatic rings. The lowest BCUT2D eigenvalue weighted by atomic mass is 10.3. The van der Waals surface area contributed by atoms with Crippen LogP contribution in [0.3, 0.4) is 0 Å². The van der Waals surface area contributed by atoms with Gasteiger partial charge in [0.25, 0.3) is 0 Å². The van der Waals surface area contributed by atoms with Crippen LogP contribution in [0.1, 0.15) is 0 Å². The molecule has 8 nitrogen and oxygen atoms in total. The Balaban J connectivity index is 1.45. The second-order valence-corrected chi connectivity index (χ2v) is 8.74. The Hall–Kier alpha value is -2.37. The zero-order valence-electron chi connectivity index (χ0n) is 15.7. The second-order valence-electron chi connectivity index (χ2n) is 6.84. The first-order valence-electron chi connectivity index (χ1n) is 9.31. The first-order chi connectivity index (χ1) is 13.9. The van der Waals surface area contributed by atoms with Crippen molar-refractivity contribution in [3.05, 3.63) is 42.1 Å². The Labute approximate surface area is 167 Å². The van der Waals surface area contributed by atoms with Gasteiger partial charge in [0.15, 0.2) is 5.82 Å². The molecule has 2 aliphatic rings. The topological polar surface area (TPSA) is 78.9 Å². The highest BCUT2D eigenvalue weighted by molar-refractivity contribution is 7.89. The molecule has 3 heterocycles. The van der Waals surface area contributed by atoms with Crippen molar-refractivity contribution in [2.75, 3.05) is 62.3 Å². The van der Waals surface area contributed by atoms with Crippen LogP contribution in [0.15, 0.2) is 35.4 Å². The number of halogens is 2. The molecule has 29 heavy (non-hydrogen) atoms. The number of anilines is 2. The maximum absolute atomic E-state index is 14.0. The molecule has 0 N–H and O–H groups in total. The minimum Gasteiger partial charge on any atom is -0.378 e. The summed E-state index contributed by atoms with van der Waals surface area (Å²) in [6.45, 7) is 4.00. The van der Waals surface area contributed by atoms with Gasteiger partial charge in [-0.2, -0.15) is 9.40 Å². The summed E-state index contributed by atoms with van der Waals surface area (Å²) in [6.07, 6.45) is 1.70. The molecule has 11 heteroatoms. The van der Waals surface area contributed by atoms with Gasteiger partial charge in [-0.15, -0.1) is 5.10 Å². The van der Waals surface area contributed by atoms with Crippen molar-refractivity contribution < 1.29 is 21.9 Å². The molecular weight excluding hydrogens is 404 g/mol. The smallest absolute Gasteiger partial charge is 0.246 e. The summed E-state index contributed by atoms with van der Waals surface area (Å²) >= 11 is 0. The van der Waals surface area contributed by atoms with Crippen molar-refractivity contribution in [1.82, 2.24) is 14.5 Å². The molecular formula is C18H21F2N5O3S. The van der Waals surface area contributed by atoms with Crippen molar-refractivity contribution in [1.29, 1.82) is 0 Å². The van der Waals surface area contributed by atoms with Crippen LogP contribution < -0.4 is 9.80 Å². The van der Waals surface area contributed by atoms with E-state index in [1.54, 1.807) is 6.20 Å². The Morgan fingerprint density at radius 1 is 0.931 bits per heavy atom. The SMILES string of the molecule is O=S(=O)(c1ccc(F)cc1F)N1CCN(c2cc(N3CCOCC3)cnn2)CC1. The highest BCUT2D eigenvalue weighted by Gasteiger charge is 2.31. The van der Waals surface area contributed by atoms with E-state index in [9.17, 15) is 17.2 Å². The van der Waals surface area contributed by atoms with E-state index < -0.39 is 26.6 Å². The maximum Gasteiger partial charge on any atom is 0.246 e. The van der Waals surface area contributed by atoms with Gasteiger partial charge in [-0.1, -0.05) is 0 Å². The van der Waals surface area contributed by atoms with E-state index in [4.69, 9.17) is 4.74 Å². The normalized spacial score (nSPS) is 18.8. The third-order valence-corrected chi connectivity index (χ3v) is 7.01. The summed E-state index contributed by atoms with van der Waals surface area (Å²) < 4.78 is 59.1. The first-order valence-corrected chi connectivity index (χ1v) is 10.7. The standard InChI is InChI=1S/C18H21F2N5O3S/c19-14-1-2-17(16(20)11-14)29(26,27)25-5-3-24(4-6-25)18-12-15(13-21-22-18)23-7-9-28-10-8-23/h1-2,11-13H,3-10H2. The summed E-state index contributed by atoms with van der Waals surface area (Å²) in [5.41, 5.74) is 0.946. The van der Waals surface area contributed by atoms with Crippen LogP contribution in [0.2, 0.25) is 0 Å². The fourth-order valence-corrected chi connectivity index (χ4v) is 4.94. The quantitative estimate of drug-likeness (QED) is 0.726. The highest BCUT2D eigenvalue weighted by atomic mass is 32.2. The Kier molecular flexibility index (Phi) is 5.61. The van der Waals surface area contributed by atoms with Crippen molar-refractivity contribution in [2.24, 2.45) is 0 Å². The predicted molar refractivity (Wildman–Crippen MR) is 102 cm³/mol. The number of rotatable bonds is 4. The van der Waals surface area contributed by atoms with Gasteiger partial charge in [-0.05, 0) is 12.1 Å². The third kappa shape index (κ3) is 4.16. The summed E-state index contributed by atoms with van der Waals surface area (Å²) in [7, 11) is -4.03. The fraction of sp³-hybridized carbons (Fsp3) is 0.444. The second kappa shape index (κ2) is 8.17. The highest BCUT2D eigenvalue weighted by Crippen LogP contribution is 2.24. The molecule has 0 bridgehead atoms. The lowest BCUT2D eigenvalue weighted by molar-refractivity contribution is 0.122. The van der Waals surface area contributed by atoms with Gasteiger partial charge in [-0.25, -0.2) is 17.2 Å². The number of hydrogen-bond donors (Lipinski definition) is 0. The minimum absolute atomic E-state index is 0.169. The van der Waals surface area contributed by atoms with E-state index in [0.29, 0.717) is 38.2 Å². The molecule has 0 saturated carbocycles. The van der Waals surface area contributed by atoms with E-state index in [1.165, 1.54) is 4.31 Å². The van der Waals surface area contributed by atoms with Crippen LogP contribution >= 0.6 is 0 Å². The monoisotopic (exact) mass is 425 g/mol. The van der Waals surface area contributed by atoms with E-state index in [2.05, 4.69) is 15.1 Å². The van der Waals surface area contributed by atoms with E-state index in [1.807, 2.05) is 11.0 Å². The summed E-state index contributed by atoms with van der Waals surface area (Å²) in [4.78, 5) is 3.60. The molecule has 0 aliphatic carbocycles. The summed E-state index contributed by atoms with van der Waals surface area (Å²) in [5.74, 6) is -1.24. The number of nitrogens with zero attached hydrogens (tertiary/aromatic N) is 5. The molecule has 0 radical (unpaired) electrons. The van der Waals surface area contributed by atoms with Gasteiger partial charge < -0.3 is 14.5 Å². The molecule has 2 fully saturated rings. The van der Waals surface area contributed by atoms with Crippen LogP contribution in [0, 0.1) is 11.6 Å². The van der Waals surface area contributed by atoms with Crippen molar-refractivity contribution >= 4 is 21.5 Å². The van der Waals surface area contributed by atoms with Gasteiger partial charge >= 0.3 is 0 Å². The number of ether oxygens (including phenoxy) is 1. The number of piperazine rings is 1. The lowest BCUT2D eigenvalue weighted by Crippen LogP contribution is -2.49. The van der Waals surface area contributed by atoms with Crippen LogP contribution in [0.4, 0.5) is 20.3 Å². The summed E-state index contributed by atoms with van der Waals surface area (Å²) in [6, 6.07) is 4.42. The first kappa shape index (κ1) is 19.9. The molecule has 0 amide bonds. The number of morpholine rings is 1. The van der Waals surface area contributed by atoms with E-state index >= 15 is 0 Å². The van der Waals surface area contributed by atoms with Crippen LogP contribution in [-0.2, 0) is 14.8 Å². The van der Waals surface area contributed by atoms with Crippen LogP contribution in [0.5, 0.6) is 0 Å². The van der Waals surface area contributed by atoms with Gasteiger partial charge in [0.05, 0.1) is 25.1 Å². The van der Waals surface area contributed by atoms with Gasteiger partial charge in [0.2, 0.25) is 10.0 Å². The Bertz CT molecular complexity index is 977. The fourth-order valence-electron chi connectivity index (χ4n) is 3.48. The zero-order valence-corrected chi connectivity index (χ0v) is 16.5. The van der Waals surface area contributed by atoms with Gasteiger partial charge in [0.1, 0.15) is 16.5 Å². The molecule has 0 atom stereocenters. The van der Waals surface area contributed by atoms with Gasteiger partial charge in [0, 0.05) is 51.4 Å². The Morgan fingerprint density at radius 2 is 1.66 bits per heavy atom. The average Bonchev–Trinajstić information content (AvgIpc) is 2.74. The number of benzene rings is 1. The number of sulfonamides is 1. The molecule has 1 aromatic carbocycles. The van der Waals surface area contributed by atoms with Crippen molar-refractivity contribution in [3.63, 3.8) is 0 Å². The van der Waals surface area contributed by atoms with Gasteiger partial charge in [-0.3, -0.25) is 0 Å². The lowest BCUT2D eigenvalue weighted by Gasteiger charge is -2.35. The molecule has 0 spiro atoms. The summed E-state index contributed by atoms with van der Waals surface area (Å²) in [5, 5.41) is 8.25. The maximum atomic E-state index is 14.0. The molecule has 2 saturated heterocycles. The van der Waals surface area contributed by atoms with Crippen molar-refractivity contribution in [2.45, 2.75) is 4.90 Å². The van der Waals surface area contributed by atoms with Crippen molar-refractivity contribution in [3.8, 4) is 0 Å². The predicted octanol–water partition coefficient (Wildman–Crippen LogP) is 1.10. The molecule has 2 aliphatic heterocycles. The van der Waals surface area contributed by atoms with E-state index in [0.717, 1.165) is 30.9 Å². The van der Waals surface area contributed by atoms with Crippen LogP contribution in [0.25, 0.3) is 0 Å². The largest absolute Gasteiger partial charge is 0.378 e.